The van der Waals surface area contributed by atoms with E-state index in [4.69, 9.17) is 0 Å². The van der Waals surface area contributed by atoms with Crippen molar-refractivity contribution in [2.75, 3.05) is 0 Å². The molecule has 0 spiro atoms. The van der Waals surface area contributed by atoms with Crippen molar-refractivity contribution in [1.29, 1.82) is 0 Å². The highest BCUT2D eigenvalue weighted by Crippen LogP contribution is 2.24. The summed E-state index contributed by atoms with van der Waals surface area (Å²) in [6.45, 7) is 2.27. The highest BCUT2D eigenvalue weighted by atomic mass is 27.1. The molecule has 0 fully saturated rings. The van der Waals surface area contributed by atoms with Crippen LogP contribution in [0.5, 0.6) is 0 Å². The molecule has 0 aromatic heterocycles. The molecular formula is C24H33AlO. The molecule has 0 heterocycles. The van der Waals surface area contributed by atoms with Crippen molar-refractivity contribution in [2.24, 2.45) is 0 Å². The number of hydrogen-bond acceptors (Lipinski definition) is 1. The maximum atomic E-state index is 12.9. The van der Waals surface area contributed by atoms with Crippen LogP contribution < -0.4 is 0 Å². The highest BCUT2D eigenvalue weighted by molar-refractivity contribution is 6.35. The summed E-state index contributed by atoms with van der Waals surface area (Å²) in [5.41, 5.74) is 2.41. The molecule has 2 aromatic carbocycles. The normalized spacial score (nSPS) is 11.9. The Balaban J connectivity index is 1.82. The van der Waals surface area contributed by atoms with E-state index in [2.05, 4.69) is 43.3 Å². The number of unbranched alkanes of at least 4 members (excludes halogenated alkanes) is 3. The van der Waals surface area contributed by atoms with Crippen molar-refractivity contribution in [3.05, 3.63) is 71.8 Å². The summed E-state index contributed by atoms with van der Waals surface area (Å²) >= 11 is 0.0438. The summed E-state index contributed by atoms with van der Waals surface area (Å²) in [6.07, 6.45) is 8.16. The van der Waals surface area contributed by atoms with Gasteiger partial charge < -0.3 is 0 Å². The topological polar surface area (TPSA) is 17.1 Å². The lowest BCUT2D eigenvalue weighted by Gasteiger charge is -2.16. The van der Waals surface area contributed by atoms with Gasteiger partial charge in [0.1, 0.15) is 5.78 Å². The average molecular weight is 365 g/mol. The van der Waals surface area contributed by atoms with Gasteiger partial charge in [0.25, 0.3) is 0 Å². The number of ketones is 1. The average Bonchev–Trinajstić information content (AvgIpc) is 2.69. The van der Waals surface area contributed by atoms with Gasteiger partial charge in [0.05, 0.1) is 0 Å². The third kappa shape index (κ3) is 7.90. The molecule has 0 bridgehead atoms. The summed E-state index contributed by atoms with van der Waals surface area (Å²) in [4.78, 5) is 12.9. The van der Waals surface area contributed by atoms with Crippen LogP contribution in [0.1, 0.15) is 62.5 Å². The maximum absolute atomic E-state index is 12.9. The third-order valence-electron chi connectivity index (χ3n) is 5.15. The zero-order chi connectivity index (χ0) is 18.5. The van der Waals surface area contributed by atoms with E-state index in [1.165, 1.54) is 41.8 Å². The van der Waals surface area contributed by atoms with Crippen LogP contribution in [0.4, 0.5) is 0 Å². The van der Waals surface area contributed by atoms with E-state index in [9.17, 15) is 4.79 Å². The molecule has 0 radical (unpaired) electrons. The Morgan fingerprint density at radius 2 is 1.50 bits per heavy atom. The van der Waals surface area contributed by atoms with Crippen molar-refractivity contribution in [3.63, 3.8) is 0 Å². The monoisotopic (exact) mass is 364 g/mol. The van der Waals surface area contributed by atoms with E-state index in [1.807, 2.05) is 24.3 Å². The van der Waals surface area contributed by atoms with Crippen molar-refractivity contribution in [1.82, 2.24) is 0 Å². The first kappa shape index (κ1) is 20.9. The van der Waals surface area contributed by atoms with E-state index in [-0.39, 0.29) is 21.1 Å². The molecule has 0 saturated carbocycles. The summed E-state index contributed by atoms with van der Waals surface area (Å²) < 4.78 is 0. The van der Waals surface area contributed by atoms with E-state index < -0.39 is 0 Å². The molecule has 0 amide bonds. The molecule has 1 atom stereocenters. The Morgan fingerprint density at radius 1 is 0.846 bits per heavy atom. The van der Waals surface area contributed by atoms with Crippen LogP contribution >= 0.6 is 0 Å². The van der Waals surface area contributed by atoms with Gasteiger partial charge in [-0.05, 0) is 17.5 Å². The number of carbonyl (C=O) groups is 1. The lowest BCUT2D eigenvalue weighted by molar-refractivity contribution is -0.120. The first-order valence-electron chi connectivity index (χ1n) is 10.4. The quantitative estimate of drug-likeness (QED) is 0.305. The van der Waals surface area contributed by atoms with Gasteiger partial charge in [-0.1, -0.05) is 110 Å². The molecule has 2 aromatic rings. The Morgan fingerprint density at radius 3 is 2.19 bits per heavy atom. The third-order valence-corrected chi connectivity index (χ3v) is 7.15. The Labute approximate surface area is 165 Å². The molecule has 1 unspecified atom stereocenters. The van der Waals surface area contributed by atoms with Gasteiger partial charge in [-0.2, -0.15) is 0 Å². The second-order valence-corrected chi connectivity index (χ2v) is 9.47. The Bertz CT molecular complexity index is 609. The van der Waals surface area contributed by atoms with Gasteiger partial charge in [0.2, 0.25) is 15.2 Å². The smallest absolute Gasteiger partial charge is 0.236 e. The van der Waals surface area contributed by atoms with Crippen molar-refractivity contribution >= 4 is 21.0 Å². The van der Waals surface area contributed by atoms with Gasteiger partial charge in [-0.15, -0.1) is 0 Å². The fourth-order valence-electron chi connectivity index (χ4n) is 3.56. The van der Waals surface area contributed by atoms with E-state index >= 15 is 0 Å². The largest absolute Gasteiger partial charge is 0.299 e. The lowest BCUT2D eigenvalue weighted by Crippen LogP contribution is -2.15. The molecule has 138 valence electrons. The molecule has 0 aliphatic heterocycles. The molecule has 0 aliphatic rings. The molecule has 2 heteroatoms. The fraction of sp³-hybridized carbons (Fsp3) is 0.458. The van der Waals surface area contributed by atoms with Crippen molar-refractivity contribution < 1.29 is 4.79 Å². The van der Waals surface area contributed by atoms with Gasteiger partial charge in [0, 0.05) is 12.3 Å². The van der Waals surface area contributed by atoms with E-state index in [0.717, 1.165) is 24.8 Å². The van der Waals surface area contributed by atoms with Crippen molar-refractivity contribution in [2.45, 2.75) is 68.4 Å². The lowest BCUT2D eigenvalue weighted by atomic mass is 9.87. The zero-order valence-corrected chi connectivity index (χ0v) is 17.7. The van der Waals surface area contributed by atoms with Crippen LogP contribution in [0.15, 0.2) is 60.7 Å². The SMILES string of the molecule is CCCCC[CH2][AlH][CH2]CCC(=O)C(Cc1ccccc1)c1ccccc1. The number of hydrogen-bond donors (Lipinski definition) is 0. The summed E-state index contributed by atoms with van der Waals surface area (Å²) in [7, 11) is 0. The van der Waals surface area contributed by atoms with Crippen LogP contribution in [-0.4, -0.2) is 21.0 Å². The summed E-state index contributed by atoms with van der Waals surface area (Å²) in [6, 6.07) is 20.7. The van der Waals surface area contributed by atoms with Crippen LogP contribution in [0.2, 0.25) is 10.6 Å². The minimum Gasteiger partial charge on any atom is -0.299 e. The molecule has 0 saturated heterocycles. The van der Waals surface area contributed by atoms with Crippen LogP contribution in [0, 0.1) is 0 Å². The minimum absolute atomic E-state index is 0.00446. The number of benzene rings is 2. The summed E-state index contributed by atoms with van der Waals surface area (Å²) in [5.74, 6) is 0.421. The zero-order valence-electron chi connectivity index (χ0n) is 16.3. The molecule has 0 N–H and O–H groups in total. The van der Waals surface area contributed by atoms with Crippen LogP contribution in [0.3, 0.4) is 0 Å². The van der Waals surface area contributed by atoms with E-state index in [0.29, 0.717) is 5.78 Å². The van der Waals surface area contributed by atoms with E-state index in [1.54, 1.807) is 0 Å². The summed E-state index contributed by atoms with van der Waals surface area (Å²) in [5, 5.41) is 2.78. The molecule has 26 heavy (non-hydrogen) atoms. The number of carbonyl (C=O) groups excluding carboxylic acids is 1. The minimum atomic E-state index is 0.00446. The standard InChI is InChI=1S/C18H19O.C6H13.Al.H/c1-2-9-18(19)17(16-12-7-4-8-13-16)14-15-10-5-3-6-11-15;1-3-5-6-4-2;;/h3-8,10-13,17H,1-2,9,14H2;1,3-6H2,2H3;;. The van der Waals surface area contributed by atoms with Crippen LogP contribution in [-0.2, 0) is 11.2 Å². The van der Waals surface area contributed by atoms with Crippen molar-refractivity contribution in [3.8, 4) is 0 Å². The van der Waals surface area contributed by atoms with Gasteiger partial charge >= 0.3 is 0 Å². The first-order chi connectivity index (χ1) is 12.8. The Hall–Kier alpha value is -1.36. The molecule has 2 rings (SSSR count). The number of Topliss-reactive ketones (excluding diaryl/α,β-unsaturated/α-hetero) is 1. The first-order valence-corrected chi connectivity index (χ1v) is 12.4. The second-order valence-electron chi connectivity index (χ2n) is 7.34. The fourth-order valence-corrected chi connectivity index (χ4v) is 5.22. The maximum Gasteiger partial charge on any atom is 0.236 e. The van der Waals surface area contributed by atoms with Crippen LogP contribution in [0.25, 0.3) is 0 Å². The van der Waals surface area contributed by atoms with Gasteiger partial charge in [-0.25, -0.2) is 0 Å². The highest BCUT2D eigenvalue weighted by Gasteiger charge is 2.20. The van der Waals surface area contributed by atoms with Gasteiger partial charge in [-0.3, -0.25) is 4.79 Å². The van der Waals surface area contributed by atoms with Gasteiger partial charge in [0.15, 0.2) is 0 Å². The number of rotatable bonds is 13. The predicted octanol–water partition coefficient (Wildman–Crippen LogP) is 6.22. The molecule has 0 aliphatic carbocycles. The molecular weight excluding hydrogens is 331 g/mol. The molecule has 1 nitrogen and oxygen atoms in total. The predicted molar refractivity (Wildman–Crippen MR) is 114 cm³/mol. The Kier molecular flexibility index (Phi) is 10.4. The second kappa shape index (κ2) is 12.9.